The van der Waals surface area contributed by atoms with Crippen LogP contribution in [0.1, 0.15) is 18.4 Å². The number of aromatic nitrogens is 2. The second-order valence-corrected chi connectivity index (χ2v) is 7.98. The highest BCUT2D eigenvalue weighted by Gasteiger charge is 2.29. The number of nitrogens with one attached hydrogen (secondary N) is 1. The molecule has 33 heavy (non-hydrogen) atoms. The minimum Gasteiger partial charge on any atom is -0.496 e. The van der Waals surface area contributed by atoms with Crippen LogP contribution in [0.25, 0.3) is 11.3 Å². The Bertz CT molecular complexity index is 1170. The number of hydrogen-bond donors (Lipinski definition) is 1. The zero-order valence-corrected chi connectivity index (χ0v) is 18.5. The molecule has 1 N–H and O–H groups in total. The minimum absolute atomic E-state index is 0.103. The van der Waals surface area contributed by atoms with Crippen LogP contribution in [-0.2, 0) is 4.79 Å². The van der Waals surface area contributed by atoms with Gasteiger partial charge in [-0.2, -0.15) is 0 Å². The lowest BCUT2D eigenvalue weighted by molar-refractivity contribution is -0.384. The number of piperidine rings is 1. The number of aryl methyl sites for hydroxylation is 1. The summed E-state index contributed by atoms with van der Waals surface area (Å²) < 4.78 is 5.40. The van der Waals surface area contributed by atoms with Gasteiger partial charge in [-0.3, -0.25) is 14.9 Å². The van der Waals surface area contributed by atoms with E-state index < -0.39 is 4.92 Å². The number of amides is 1. The molecule has 1 aliphatic rings. The molecule has 9 nitrogen and oxygen atoms in total. The lowest BCUT2D eigenvalue weighted by Gasteiger charge is -2.32. The first-order valence-electron chi connectivity index (χ1n) is 10.7. The van der Waals surface area contributed by atoms with E-state index in [9.17, 15) is 14.9 Å². The Morgan fingerprint density at radius 2 is 1.97 bits per heavy atom. The number of rotatable bonds is 6. The third-order valence-electron chi connectivity index (χ3n) is 5.85. The topological polar surface area (TPSA) is 110 Å². The van der Waals surface area contributed by atoms with Gasteiger partial charge in [-0.05, 0) is 49.6 Å². The number of ether oxygens (including phenoxy) is 1. The SMILES string of the molecule is COc1ccccc1-c1ccc(N2CCCC(C(=O)Nc3c(C)cccc3[N+](=O)[O-])C2)nn1. The summed E-state index contributed by atoms with van der Waals surface area (Å²) in [6.07, 6.45) is 1.51. The number of benzene rings is 2. The van der Waals surface area contributed by atoms with Crippen molar-refractivity contribution in [1.29, 1.82) is 0 Å². The molecule has 9 heteroatoms. The minimum atomic E-state index is -0.478. The lowest BCUT2D eigenvalue weighted by Crippen LogP contribution is -2.41. The zero-order chi connectivity index (χ0) is 23.4. The van der Waals surface area contributed by atoms with Crippen molar-refractivity contribution in [3.05, 3.63) is 70.3 Å². The third kappa shape index (κ3) is 4.77. The van der Waals surface area contributed by atoms with E-state index >= 15 is 0 Å². The van der Waals surface area contributed by atoms with Gasteiger partial charge in [0.25, 0.3) is 5.69 Å². The molecule has 0 bridgehead atoms. The van der Waals surface area contributed by atoms with Crippen LogP contribution < -0.4 is 15.0 Å². The van der Waals surface area contributed by atoms with Crippen LogP contribution in [0.4, 0.5) is 17.2 Å². The lowest BCUT2D eigenvalue weighted by atomic mass is 9.96. The Labute approximate surface area is 191 Å². The number of nitrogens with zero attached hydrogens (tertiary/aromatic N) is 4. The summed E-state index contributed by atoms with van der Waals surface area (Å²) in [5, 5.41) is 22.9. The molecule has 1 saturated heterocycles. The predicted octanol–water partition coefficient (Wildman–Crippen LogP) is 4.22. The fourth-order valence-electron chi connectivity index (χ4n) is 4.09. The molecule has 4 rings (SSSR count). The number of anilines is 2. The fourth-order valence-corrected chi connectivity index (χ4v) is 4.09. The standard InChI is InChI=1S/C24H25N5O4/c1-16-7-5-10-20(29(31)32)23(16)25-24(30)17-8-6-14-28(15-17)22-13-12-19(26-27-22)18-9-3-4-11-21(18)33-2/h3-5,7,9-13,17H,6,8,14-15H2,1-2H3,(H,25,30). The molecule has 1 aromatic heterocycles. The summed E-state index contributed by atoms with van der Waals surface area (Å²) in [5.74, 6) is 0.872. The molecule has 1 aliphatic heterocycles. The maximum Gasteiger partial charge on any atom is 0.293 e. The normalized spacial score (nSPS) is 15.7. The molecule has 0 radical (unpaired) electrons. The molecular weight excluding hydrogens is 422 g/mol. The Hall–Kier alpha value is -4.01. The summed E-state index contributed by atoms with van der Waals surface area (Å²) in [4.78, 5) is 25.9. The molecule has 1 atom stereocenters. The van der Waals surface area contributed by atoms with E-state index in [1.54, 1.807) is 26.2 Å². The first kappa shape index (κ1) is 22.2. The summed E-state index contributed by atoms with van der Waals surface area (Å²) >= 11 is 0. The Kier molecular flexibility index (Phi) is 6.48. The van der Waals surface area contributed by atoms with Crippen molar-refractivity contribution < 1.29 is 14.5 Å². The number of methoxy groups -OCH3 is 1. The van der Waals surface area contributed by atoms with Crippen LogP contribution in [0.15, 0.2) is 54.6 Å². The Morgan fingerprint density at radius 3 is 2.70 bits per heavy atom. The van der Waals surface area contributed by atoms with Crippen LogP contribution in [0, 0.1) is 23.0 Å². The average molecular weight is 447 g/mol. The smallest absolute Gasteiger partial charge is 0.293 e. The van der Waals surface area contributed by atoms with Crippen molar-refractivity contribution in [3.63, 3.8) is 0 Å². The van der Waals surface area contributed by atoms with E-state index in [1.807, 2.05) is 41.3 Å². The molecule has 1 amide bonds. The largest absolute Gasteiger partial charge is 0.496 e. The van der Waals surface area contributed by atoms with Gasteiger partial charge < -0.3 is 15.0 Å². The highest BCUT2D eigenvalue weighted by molar-refractivity contribution is 5.96. The van der Waals surface area contributed by atoms with Gasteiger partial charge in [0.1, 0.15) is 11.4 Å². The van der Waals surface area contributed by atoms with Crippen LogP contribution in [0.2, 0.25) is 0 Å². The van der Waals surface area contributed by atoms with E-state index in [1.165, 1.54) is 6.07 Å². The van der Waals surface area contributed by atoms with Gasteiger partial charge in [0, 0.05) is 24.7 Å². The van der Waals surface area contributed by atoms with Crippen LogP contribution >= 0.6 is 0 Å². The molecule has 170 valence electrons. The van der Waals surface area contributed by atoms with Crippen molar-refractivity contribution in [3.8, 4) is 17.0 Å². The van der Waals surface area contributed by atoms with Crippen molar-refractivity contribution in [2.45, 2.75) is 19.8 Å². The maximum absolute atomic E-state index is 13.0. The number of nitro benzene ring substituents is 1. The number of para-hydroxylation sites is 2. The molecule has 3 aromatic rings. The predicted molar refractivity (Wildman–Crippen MR) is 125 cm³/mol. The summed E-state index contributed by atoms with van der Waals surface area (Å²) in [6.45, 7) is 2.97. The number of nitro groups is 1. The molecular formula is C24H25N5O4. The molecule has 2 aromatic carbocycles. The van der Waals surface area contributed by atoms with Crippen LogP contribution in [-0.4, -0.2) is 41.2 Å². The average Bonchev–Trinajstić information content (AvgIpc) is 2.85. The zero-order valence-electron chi connectivity index (χ0n) is 18.5. The van der Waals surface area contributed by atoms with E-state index in [4.69, 9.17) is 4.74 Å². The molecule has 0 spiro atoms. The summed E-state index contributed by atoms with van der Waals surface area (Å²) in [7, 11) is 1.62. The molecule has 0 saturated carbocycles. The number of carbonyl (C=O) groups is 1. The third-order valence-corrected chi connectivity index (χ3v) is 5.85. The molecule has 1 unspecified atom stereocenters. The van der Waals surface area contributed by atoms with Gasteiger partial charge >= 0.3 is 0 Å². The van der Waals surface area contributed by atoms with Gasteiger partial charge in [-0.15, -0.1) is 10.2 Å². The fraction of sp³-hybridized carbons (Fsp3) is 0.292. The van der Waals surface area contributed by atoms with Crippen molar-refractivity contribution in [2.75, 3.05) is 30.4 Å². The number of carbonyl (C=O) groups excluding carboxylic acids is 1. The number of hydrogen-bond acceptors (Lipinski definition) is 7. The summed E-state index contributed by atoms with van der Waals surface area (Å²) in [5.41, 5.74) is 2.37. The van der Waals surface area contributed by atoms with Gasteiger partial charge in [-0.1, -0.05) is 24.3 Å². The van der Waals surface area contributed by atoms with E-state index in [0.717, 1.165) is 24.3 Å². The van der Waals surface area contributed by atoms with Crippen molar-refractivity contribution in [2.24, 2.45) is 5.92 Å². The Morgan fingerprint density at radius 1 is 1.15 bits per heavy atom. The quantitative estimate of drug-likeness (QED) is 0.445. The molecule has 2 heterocycles. The van der Waals surface area contributed by atoms with Gasteiger partial charge in [0.05, 0.1) is 23.6 Å². The van der Waals surface area contributed by atoms with Crippen LogP contribution in [0.3, 0.4) is 0 Å². The van der Waals surface area contributed by atoms with Gasteiger partial charge in [-0.25, -0.2) is 0 Å². The Balaban J connectivity index is 1.48. The van der Waals surface area contributed by atoms with Crippen molar-refractivity contribution in [1.82, 2.24) is 10.2 Å². The van der Waals surface area contributed by atoms with E-state index in [2.05, 4.69) is 15.5 Å². The molecule has 0 aliphatic carbocycles. The second-order valence-electron chi connectivity index (χ2n) is 7.98. The second kappa shape index (κ2) is 9.64. The monoisotopic (exact) mass is 447 g/mol. The molecule has 1 fully saturated rings. The highest BCUT2D eigenvalue weighted by atomic mass is 16.6. The van der Waals surface area contributed by atoms with Gasteiger partial charge in [0.15, 0.2) is 5.82 Å². The maximum atomic E-state index is 13.0. The van der Waals surface area contributed by atoms with Gasteiger partial charge in [0.2, 0.25) is 5.91 Å². The highest BCUT2D eigenvalue weighted by Crippen LogP contribution is 2.31. The first-order chi connectivity index (χ1) is 16.0. The summed E-state index contributed by atoms with van der Waals surface area (Å²) in [6, 6.07) is 16.1. The van der Waals surface area contributed by atoms with Crippen LogP contribution in [0.5, 0.6) is 5.75 Å². The van der Waals surface area contributed by atoms with E-state index in [0.29, 0.717) is 30.0 Å². The first-order valence-corrected chi connectivity index (χ1v) is 10.7. The van der Waals surface area contributed by atoms with E-state index in [-0.39, 0.29) is 23.2 Å². The van der Waals surface area contributed by atoms with Crippen molar-refractivity contribution >= 4 is 23.1 Å².